The second kappa shape index (κ2) is 24.7. The summed E-state index contributed by atoms with van der Waals surface area (Å²) in [6.45, 7) is -0.322. The van der Waals surface area contributed by atoms with Crippen LogP contribution < -0.4 is 28.0 Å². The van der Waals surface area contributed by atoms with Crippen LogP contribution in [-0.4, -0.2) is 128 Å². The van der Waals surface area contributed by atoms with Crippen LogP contribution in [0.5, 0.6) is 0 Å². The first-order chi connectivity index (χ1) is 31.4. The van der Waals surface area contributed by atoms with E-state index in [2.05, 4.69) is 51.2 Å². The summed E-state index contributed by atoms with van der Waals surface area (Å²) in [6, 6.07) is -0.773. The second-order valence-corrected chi connectivity index (χ2v) is 24.4. The number of aromatic amines is 1. The molecule has 33 nitrogen and oxygen atoms in total. The van der Waals surface area contributed by atoms with E-state index >= 15 is 0 Å². The average molecular weight is 1130 g/mol. The van der Waals surface area contributed by atoms with Crippen LogP contribution in [0.1, 0.15) is 38.0 Å². The summed E-state index contributed by atoms with van der Waals surface area (Å²) >= 11 is 0. The van der Waals surface area contributed by atoms with Gasteiger partial charge >= 0.3 is 58.7 Å². The molecule has 0 aromatic carbocycles. The number of H-pyrrole nitrogens is 1. The summed E-state index contributed by atoms with van der Waals surface area (Å²) < 4.78 is 119. The highest BCUT2D eigenvalue weighted by molar-refractivity contribution is 8.76. The molecule has 68 heavy (non-hydrogen) atoms. The van der Waals surface area contributed by atoms with Gasteiger partial charge in [0.2, 0.25) is 0 Å². The van der Waals surface area contributed by atoms with Crippen LogP contribution in [0.25, 0.3) is 0 Å². The number of phosphoric acid groups is 6. The minimum absolute atomic E-state index is 0.0595. The molecule has 1 aromatic rings. The van der Waals surface area contributed by atoms with Crippen LogP contribution in [-0.2, 0) is 72.6 Å². The van der Waals surface area contributed by atoms with Crippen molar-refractivity contribution in [1.82, 2.24) is 19.8 Å². The molecule has 2 saturated heterocycles. The fourth-order valence-corrected chi connectivity index (χ4v) is 13.1. The first-order valence-electron chi connectivity index (χ1n) is 18.4. The summed E-state index contributed by atoms with van der Waals surface area (Å²) in [5, 5.41) is 2.45. The van der Waals surface area contributed by atoms with E-state index in [1.54, 1.807) is 6.92 Å². The molecule has 14 N–H and O–H groups in total. The van der Waals surface area contributed by atoms with Gasteiger partial charge in [-0.3, -0.25) is 28.3 Å². The van der Waals surface area contributed by atoms with Gasteiger partial charge in [-0.2, -0.15) is 17.2 Å². The first kappa shape index (κ1) is 58.7. The smallest absolute Gasteiger partial charge is 0.364 e. The van der Waals surface area contributed by atoms with Crippen LogP contribution in [0.4, 0.5) is 4.79 Å². The molecule has 4 heterocycles. The Hall–Kier alpha value is -1.91. The van der Waals surface area contributed by atoms with E-state index in [0.29, 0.717) is 6.42 Å². The molecule has 0 aliphatic carbocycles. The highest BCUT2D eigenvalue weighted by Gasteiger charge is 2.47. The molecule has 4 rings (SSSR count). The fourth-order valence-electron chi connectivity index (χ4n) is 5.66. The average Bonchev–Trinajstić information content (AvgIpc) is 3.77. The monoisotopic (exact) mass is 1130 g/mol. The Labute approximate surface area is 390 Å². The van der Waals surface area contributed by atoms with Gasteiger partial charge in [0.05, 0.1) is 37.5 Å². The Bertz CT molecular complexity index is 2570. The van der Waals surface area contributed by atoms with Crippen LogP contribution in [0.15, 0.2) is 27.6 Å². The molecule has 5 unspecified atom stereocenters. The van der Waals surface area contributed by atoms with Gasteiger partial charge in [0.1, 0.15) is 48.3 Å². The van der Waals surface area contributed by atoms with Crippen molar-refractivity contribution in [2.45, 2.75) is 69.2 Å². The molecule has 3 aliphatic heterocycles. The predicted octanol–water partition coefficient (Wildman–Crippen LogP) is -0.390. The molecular weight excluding hydrogens is 1090 g/mol. The Morgan fingerprint density at radius 3 is 1.74 bits per heavy atom. The van der Waals surface area contributed by atoms with Crippen molar-refractivity contribution in [2.75, 3.05) is 31.6 Å². The molecule has 0 bridgehead atoms. The van der Waals surface area contributed by atoms with Crippen LogP contribution >= 0.6 is 68.5 Å². The van der Waals surface area contributed by atoms with E-state index in [0.717, 1.165) is 37.3 Å². The number of carbonyl (C=O) groups excluding carboxylic acids is 1. The number of ether oxygens (including phenoxy) is 4. The normalized spacial score (nSPS) is 26.8. The largest absolute Gasteiger partial charge is 0.490 e. The number of carbonyl (C=O) groups is 1. The highest BCUT2D eigenvalue weighted by atomic mass is 33.1. The Kier molecular flexibility index (Phi) is 21.3. The summed E-state index contributed by atoms with van der Waals surface area (Å²) in [6.07, 6.45) is -6.29. The summed E-state index contributed by atoms with van der Waals surface area (Å²) in [5.41, 5.74) is 9.67. The molecule has 0 radical (unpaired) electrons. The van der Waals surface area contributed by atoms with Crippen molar-refractivity contribution < 1.29 is 117 Å². The predicted molar refractivity (Wildman–Crippen MR) is 228 cm³/mol. The lowest BCUT2D eigenvalue weighted by Gasteiger charge is -2.32. The van der Waals surface area contributed by atoms with Crippen molar-refractivity contribution in [3.05, 3.63) is 44.4 Å². The van der Waals surface area contributed by atoms with Crippen LogP contribution in [0.3, 0.4) is 0 Å². The SMILES string of the molecule is CCC#Cc1cn([C@H]2C[C@@H](OCSSCO[C@@H]3C[C@H](N4C=C(C#CCN)C(N)NC4=O)O[C@@H]3COP(=O)(O)OP(=O)(O)OP(=O)(O)O)[C@@H](COP(=O)(O)OP(=O)(O)OP(=O)(O)O)O2)c(=O)[nH]c1=O. The van der Waals surface area contributed by atoms with E-state index < -0.39 is 120 Å². The Morgan fingerprint density at radius 2 is 1.25 bits per heavy atom. The van der Waals surface area contributed by atoms with E-state index in [1.807, 2.05) is 0 Å². The quantitative estimate of drug-likeness (QED) is 0.0218. The summed E-state index contributed by atoms with van der Waals surface area (Å²) in [7, 11) is -32.6. The minimum atomic E-state index is -5.90. The third kappa shape index (κ3) is 19.3. The zero-order valence-corrected chi connectivity index (χ0v) is 41.2. The van der Waals surface area contributed by atoms with Gasteiger partial charge in [0, 0.05) is 31.7 Å². The van der Waals surface area contributed by atoms with E-state index in [9.17, 15) is 61.3 Å². The summed E-state index contributed by atoms with van der Waals surface area (Å²) in [4.78, 5) is 116. The second-order valence-electron chi connectivity index (χ2n) is 13.2. The lowest BCUT2D eigenvalue weighted by atomic mass is 10.1. The molecule has 2 amide bonds. The molecule has 2 fully saturated rings. The standard InChI is InChI=1S/C27H42N6O27P6S2/c1-2-3-5-17-11-33(27(36)31-25(17)34)23-9-19(21(56-23)13-54-64(45,46)60-66(49,50)58-62(40,41)42)52-15-68-67-14-51-18-8-22(32-10-16(6-4-7-28)24(29)30-26(32)35)55-20(18)12-53-63(43,44)59-65(47,48)57-61(37,38)39/h10-11,18-24H,2,7-9,12-15,28-29H2,1H3,(H,30,35)(H,43,44)(H,45,46)(H,47,48)(H,49,50)(H,31,34,36)(H2,37,38,39)(H2,40,41,42)/t18-,19-,20-,21-,22-,23-,24?/m1/s1. The van der Waals surface area contributed by atoms with E-state index in [1.165, 1.54) is 6.20 Å². The fraction of sp³-hybridized carbons (Fsp3) is 0.593. The molecule has 41 heteroatoms. The number of hydrogen-bond donors (Lipinski definition) is 12. The number of urea groups is 1. The highest BCUT2D eigenvalue weighted by Crippen LogP contribution is 2.67. The third-order valence-corrected chi connectivity index (χ3v) is 17.5. The zero-order valence-electron chi connectivity index (χ0n) is 34.2. The maximum Gasteiger partial charge on any atom is 0.490 e. The molecule has 3 aliphatic rings. The van der Waals surface area contributed by atoms with Crippen molar-refractivity contribution in [3.8, 4) is 23.7 Å². The molecule has 0 spiro atoms. The van der Waals surface area contributed by atoms with Gasteiger partial charge in [0.15, 0.2) is 0 Å². The Morgan fingerprint density at radius 1 is 0.750 bits per heavy atom. The van der Waals surface area contributed by atoms with Crippen LogP contribution in [0, 0.1) is 23.7 Å². The van der Waals surface area contributed by atoms with Crippen LogP contribution in [0.2, 0.25) is 0 Å². The van der Waals surface area contributed by atoms with E-state index in [4.69, 9.17) is 59.0 Å². The molecule has 0 saturated carbocycles. The Balaban J connectivity index is 1.45. The number of phosphoric ester groups is 2. The topological polar surface area (TPSA) is 496 Å². The van der Waals surface area contributed by atoms with Gasteiger partial charge in [0.25, 0.3) is 5.56 Å². The molecule has 11 atom stereocenters. The molecule has 1 aromatic heterocycles. The van der Waals surface area contributed by atoms with Gasteiger partial charge < -0.3 is 74.9 Å². The lowest BCUT2D eigenvalue weighted by Crippen LogP contribution is -2.54. The van der Waals surface area contributed by atoms with Crippen molar-refractivity contribution in [2.24, 2.45) is 11.5 Å². The zero-order chi connectivity index (χ0) is 50.9. The number of aromatic nitrogens is 2. The van der Waals surface area contributed by atoms with Gasteiger partial charge in [-0.1, -0.05) is 52.2 Å². The van der Waals surface area contributed by atoms with Gasteiger partial charge in [-0.05, 0) is 0 Å². The lowest BCUT2D eigenvalue weighted by molar-refractivity contribution is -0.0609. The number of amides is 2. The molecular formula is C27H42N6O27P6S2. The number of rotatable bonds is 23. The van der Waals surface area contributed by atoms with E-state index in [-0.39, 0.29) is 42.4 Å². The number of nitrogens with zero attached hydrogens (tertiary/aromatic N) is 2. The maximum atomic E-state index is 12.9. The number of nitrogens with one attached hydrogen (secondary N) is 2. The third-order valence-electron chi connectivity index (χ3n) is 8.19. The molecule has 384 valence electrons. The van der Waals surface area contributed by atoms with Crippen molar-refractivity contribution in [3.63, 3.8) is 0 Å². The number of hydrogen-bond acceptors (Lipinski definition) is 23. The van der Waals surface area contributed by atoms with Gasteiger partial charge in [-0.15, -0.1) is 0 Å². The minimum Gasteiger partial charge on any atom is -0.364 e. The first-order valence-corrected chi connectivity index (χ1v) is 29.9. The van der Waals surface area contributed by atoms with Gasteiger partial charge in [-0.25, -0.2) is 37.0 Å². The number of nitrogens with two attached hydrogens (primary N) is 2. The maximum absolute atomic E-state index is 12.9. The van der Waals surface area contributed by atoms with Crippen molar-refractivity contribution >= 4 is 74.6 Å². The van der Waals surface area contributed by atoms with Crippen molar-refractivity contribution in [1.29, 1.82) is 0 Å². The summed E-state index contributed by atoms with van der Waals surface area (Å²) in [5.74, 6) is 9.99.